The van der Waals surface area contributed by atoms with Crippen molar-refractivity contribution in [1.82, 2.24) is 5.32 Å². The molecule has 1 amide bonds. The number of amides is 1. The van der Waals surface area contributed by atoms with Crippen molar-refractivity contribution < 1.29 is 9.53 Å². The Hall–Kier alpha value is -0.280. The summed E-state index contributed by atoms with van der Waals surface area (Å²) in [6.07, 6.45) is 1.41. The molecule has 1 atom stereocenters. The first kappa shape index (κ1) is 11.7. The molecule has 0 aromatic heterocycles. The van der Waals surface area contributed by atoms with Crippen LogP contribution < -0.4 is 5.32 Å². The summed E-state index contributed by atoms with van der Waals surface area (Å²) < 4.78 is 4.87. The van der Waals surface area contributed by atoms with E-state index in [2.05, 4.69) is 5.32 Å². The van der Waals surface area contributed by atoms with Gasteiger partial charge in [-0.2, -0.15) is 0 Å². The Balaban J connectivity index is 3.61. The maximum atomic E-state index is 11.1. The second kappa shape index (κ2) is 7.37. The van der Waals surface area contributed by atoms with Crippen LogP contribution in [0.15, 0.2) is 0 Å². The maximum absolute atomic E-state index is 11.1. The van der Waals surface area contributed by atoms with Gasteiger partial charge in [-0.05, 0) is 6.42 Å². The van der Waals surface area contributed by atoms with Gasteiger partial charge in [0.1, 0.15) is 0 Å². The second-order valence-electron chi connectivity index (χ2n) is 2.62. The largest absolute Gasteiger partial charge is 0.383 e. The van der Waals surface area contributed by atoms with E-state index in [1.165, 1.54) is 0 Å². The summed E-state index contributed by atoms with van der Waals surface area (Å²) in [6, 6.07) is -0.0595. The van der Waals surface area contributed by atoms with E-state index in [0.717, 1.165) is 6.42 Å². The zero-order valence-corrected chi connectivity index (χ0v) is 8.36. The van der Waals surface area contributed by atoms with E-state index in [1.54, 1.807) is 7.11 Å². The number of carbonyl (C=O) groups excluding carboxylic acids is 1. The molecule has 0 heterocycles. The Morgan fingerprint density at radius 2 is 2.33 bits per heavy atom. The summed E-state index contributed by atoms with van der Waals surface area (Å²) in [6.45, 7) is 2.44. The number of nitrogens with one attached hydrogen (secondary N) is 1. The Morgan fingerprint density at radius 1 is 1.67 bits per heavy atom. The SMILES string of the molecule is CCCC(=O)NC(CCl)COC. The van der Waals surface area contributed by atoms with Gasteiger partial charge in [-0.25, -0.2) is 0 Å². The normalized spacial score (nSPS) is 12.6. The molecule has 0 spiro atoms. The highest BCUT2D eigenvalue weighted by atomic mass is 35.5. The van der Waals surface area contributed by atoms with E-state index in [9.17, 15) is 4.79 Å². The zero-order valence-electron chi connectivity index (χ0n) is 7.60. The smallest absolute Gasteiger partial charge is 0.220 e. The number of methoxy groups -OCH3 is 1. The van der Waals surface area contributed by atoms with Crippen molar-refractivity contribution in [2.45, 2.75) is 25.8 Å². The first-order valence-corrected chi connectivity index (χ1v) is 4.62. The number of hydrogen-bond donors (Lipinski definition) is 1. The Kier molecular flexibility index (Phi) is 7.20. The van der Waals surface area contributed by atoms with E-state index in [1.807, 2.05) is 6.92 Å². The molecule has 3 nitrogen and oxygen atoms in total. The van der Waals surface area contributed by atoms with E-state index in [-0.39, 0.29) is 11.9 Å². The van der Waals surface area contributed by atoms with Crippen LogP contribution in [0.4, 0.5) is 0 Å². The second-order valence-corrected chi connectivity index (χ2v) is 2.93. The highest BCUT2D eigenvalue weighted by molar-refractivity contribution is 6.18. The lowest BCUT2D eigenvalue weighted by molar-refractivity contribution is -0.122. The van der Waals surface area contributed by atoms with Crippen LogP contribution in [-0.2, 0) is 9.53 Å². The fourth-order valence-corrected chi connectivity index (χ4v) is 1.02. The van der Waals surface area contributed by atoms with Crippen LogP contribution in [0, 0.1) is 0 Å². The van der Waals surface area contributed by atoms with Crippen LogP contribution in [0.5, 0.6) is 0 Å². The van der Waals surface area contributed by atoms with Gasteiger partial charge >= 0.3 is 0 Å². The Labute approximate surface area is 78.4 Å². The van der Waals surface area contributed by atoms with Crippen molar-refractivity contribution in [1.29, 1.82) is 0 Å². The highest BCUT2D eigenvalue weighted by Crippen LogP contribution is 1.92. The number of alkyl halides is 1. The number of rotatable bonds is 6. The summed E-state index contributed by atoms with van der Waals surface area (Å²) in [5.74, 6) is 0.434. The number of hydrogen-bond acceptors (Lipinski definition) is 2. The van der Waals surface area contributed by atoms with Crippen LogP contribution >= 0.6 is 11.6 Å². The average molecular weight is 194 g/mol. The average Bonchev–Trinajstić information content (AvgIpc) is 2.04. The molecule has 1 unspecified atom stereocenters. The molecule has 0 aromatic carbocycles. The molecular formula is C8H16ClNO2. The van der Waals surface area contributed by atoms with E-state index < -0.39 is 0 Å². The van der Waals surface area contributed by atoms with Gasteiger partial charge in [0.2, 0.25) is 5.91 Å². The molecule has 0 saturated heterocycles. The van der Waals surface area contributed by atoms with E-state index in [4.69, 9.17) is 16.3 Å². The van der Waals surface area contributed by atoms with Gasteiger partial charge in [-0.3, -0.25) is 4.79 Å². The van der Waals surface area contributed by atoms with Crippen molar-refractivity contribution in [3.8, 4) is 0 Å². The predicted molar refractivity (Wildman–Crippen MR) is 49.4 cm³/mol. The monoisotopic (exact) mass is 193 g/mol. The van der Waals surface area contributed by atoms with Crippen molar-refractivity contribution >= 4 is 17.5 Å². The molecule has 0 aromatic rings. The number of halogens is 1. The fraction of sp³-hybridized carbons (Fsp3) is 0.875. The number of ether oxygens (including phenoxy) is 1. The molecule has 4 heteroatoms. The first-order chi connectivity index (χ1) is 5.74. The van der Waals surface area contributed by atoms with Crippen molar-refractivity contribution in [3.05, 3.63) is 0 Å². The lowest BCUT2D eigenvalue weighted by Gasteiger charge is -2.14. The molecule has 0 aliphatic carbocycles. The summed E-state index contributed by atoms with van der Waals surface area (Å²) in [4.78, 5) is 11.1. The zero-order chi connectivity index (χ0) is 9.40. The molecular weight excluding hydrogens is 178 g/mol. The third-order valence-electron chi connectivity index (χ3n) is 1.40. The van der Waals surface area contributed by atoms with Crippen molar-refractivity contribution in [2.24, 2.45) is 0 Å². The van der Waals surface area contributed by atoms with Crippen molar-refractivity contribution in [3.63, 3.8) is 0 Å². The fourth-order valence-electron chi connectivity index (χ4n) is 0.853. The molecule has 1 N–H and O–H groups in total. The summed E-state index contributed by atoms with van der Waals surface area (Å²) in [5, 5.41) is 2.77. The Morgan fingerprint density at radius 3 is 2.75 bits per heavy atom. The summed E-state index contributed by atoms with van der Waals surface area (Å²) >= 11 is 5.60. The summed E-state index contributed by atoms with van der Waals surface area (Å²) in [5.41, 5.74) is 0. The van der Waals surface area contributed by atoms with Crippen molar-refractivity contribution in [2.75, 3.05) is 19.6 Å². The molecule has 0 bridgehead atoms. The Bertz CT molecular complexity index is 130. The lowest BCUT2D eigenvalue weighted by atomic mass is 10.3. The molecule has 0 aliphatic heterocycles. The molecule has 0 fully saturated rings. The van der Waals surface area contributed by atoms with E-state index >= 15 is 0 Å². The summed E-state index contributed by atoms with van der Waals surface area (Å²) in [7, 11) is 1.59. The third kappa shape index (κ3) is 5.38. The molecule has 12 heavy (non-hydrogen) atoms. The van der Waals surface area contributed by atoms with Gasteiger partial charge in [-0.15, -0.1) is 11.6 Å². The lowest BCUT2D eigenvalue weighted by Crippen LogP contribution is -2.39. The minimum absolute atomic E-state index is 0.0419. The molecule has 0 radical (unpaired) electrons. The third-order valence-corrected chi connectivity index (χ3v) is 1.77. The van der Waals surface area contributed by atoms with Gasteiger partial charge in [-0.1, -0.05) is 6.92 Å². The van der Waals surface area contributed by atoms with E-state index in [0.29, 0.717) is 18.9 Å². The van der Waals surface area contributed by atoms with Crippen LogP contribution in [0.25, 0.3) is 0 Å². The molecule has 0 rings (SSSR count). The van der Waals surface area contributed by atoms with Crippen LogP contribution in [0.3, 0.4) is 0 Å². The van der Waals surface area contributed by atoms with Gasteiger partial charge < -0.3 is 10.1 Å². The number of carbonyl (C=O) groups is 1. The predicted octanol–water partition coefficient (Wildman–Crippen LogP) is 1.16. The first-order valence-electron chi connectivity index (χ1n) is 4.08. The van der Waals surface area contributed by atoms with Crippen LogP contribution in [0.2, 0.25) is 0 Å². The van der Waals surface area contributed by atoms with Gasteiger partial charge in [0.15, 0.2) is 0 Å². The highest BCUT2D eigenvalue weighted by Gasteiger charge is 2.09. The van der Waals surface area contributed by atoms with Gasteiger partial charge in [0.05, 0.1) is 12.6 Å². The maximum Gasteiger partial charge on any atom is 0.220 e. The van der Waals surface area contributed by atoms with Gasteiger partial charge in [0, 0.05) is 19.4 Å². The molecule has 0 saturated carbocycles. The van der Waals surface area contributed by atoms with Crippen LogP contribution in [0.1, 0.15) is 19.8 Å². The molecule has 0 aliphatic rings. The minimum Gasteiger partial charge on any atom is -0.383 e. The minimum atomic E-state index is -0.0595. The quantitative estimate of drug-likeness (QED) is 0.643. The topological polar surface area (TPSA) is 38.3 Å². The standard InChI is InChI=1S/C8H16ClNO2/c1-3-4-8(11)10-7(5-9)6-12-2/h7H,3-6H2,1-2H3,(H,10,11). The molecule has 72 valence electrons. The van der Waals surface area contributed by atoms with Crippen LogP contribution in [-0.4, -0.2) is 31.5 Å². The van der Waals surface area contributed by atoms with Gasteiger partial charge in [0.25, 0.3) is 0 Å².